The Kier molecular flexibility index (Phi) is 7.26. The van der Waals surface area contributed by atoms with Gasteiger partial charge in [-0.25, -0.2) is 9.79 Å². The van der Waals surface area contributed by atoms with Crippen LogP contribution in [0.3, 0.4) is 0 Å². The molecule has 5 heteroatoms. The van der Waals surface area contributed by atoms with Crippen molar-refractivity contribution in [1.82, 2.24) is 10.2 Å². The lowest BCUT2D eigenvalue weighted by atomic mass is 10.2. The van der Waals surface area contributed by atoms with Gasteiger partial charge in [-0.05, 0) is 54.0 Å². The number of nitrogens with zero attached hydrogens (tertiary/aromatic N) is 2. The summed E-state index contributed by atoms with van der Waals surface area (Å²) in [7, 11) is 0. The van der Waals surface area contributed by atoms with Gasteiger partial charge in [0.25, 0.3) is 0 Å². The molecule has 1 aromatic rings. The third kappa shape index (κ3) is 7.02. The Morgan fingerprint density at radius 1 is 1.12 bits per heavy atom. The second-order valence-electron chi connectivity index (χ2n) is 7.35. The monoisotopic (exact) mass is 333 g/mol. The van der Waals surface area contributed by atoms with Crippen molar-refractivity contribution in [2.24, 2.45) is 4.99 Å². The van der Waals surface area contributed by atoms with E-state index in [9.17, 15) is 4.79 Å². The highest BCUT2D eigenvalue weighted by Gasteiger charge is 2.23. The quantitative estimate of drug-likeness (QED) is 0.664. The zero-order valence-electron chi connectivity index (χ0n) is 16.0. The van der Waals surface area contributed by atoms with Gasteiger partial charge in [0.2, 0.25) is 5.96 Å². The minimum absolute atomic E-state index is 0.203. The van der Waals surface area contributed by atoms with Crippen molar-refractivity contribution in [3.8, 4) is 0 Å². The van der Waals surface area contributed by atoms with Crippen LogP contribution in [0.4, 0.5) is 4.79 Å². The van der Waals surface area contributed by atoms with E-state index in [4.69, 9.17) is 4.74 Å². The molecule has 1 N–H and O–H groups in total. The number of carbonyl (C=O) groups excluding carboxylic acids is 1. The number of guanidine groups is 1. The Labute approximate surface area is 146 Å². The lowest BCUT2D eigenvalue weighted by Gasteiger charge is -2.34. The van der Waals surface area contributed by atoms with Gasteiger partial charge in [-0.2, -0.15) is 0 Å². The van der Waals surface area contributed by atoms with Gasteiger partial charge in [-0.3, -0.25) is 5.32 Å². The number of hydrogen-bond acceptors (Lipinski definition) is 3. The average Bonchev–Trinajstić information content (AvgIpc) is 2.43. The van der Waals surface area contributed by atoms with Gasteiger partial charge in [0.05, 0.1) is 6.54 Å². The largest absolute Gasteiger partial charge is 0.444 e. The van der Waals surface area contributed by atoms with Crippen molar-refractivity contribution in [3.63, 3.8) is 0 Å². The Bertz CT molecular complexity index is 537. The Balaban J connectivity index is 2.99. The first-order valence-corrected chi connectivity index (χ1v) is 8.47. The van der Waals surface area contributed by atoms with Crippen molar-refractivity contribution in [3.05, 3.63) is 35.9 Å². The van der Waals surface area contributed by atoms with Crippen LogP contribution in [0.2, 0.25) is 0 Å². The third-order valence-electron chi connectivity index (χ3n) is 3.22. The highest BCUT2D eigenvalue weighted by atomic mass is 16.6. The zero-order chi connectivity index (χ0) is 18.3. The van der Waals surface area contributed by atoms with Gasteiger partial charge in [0.1, 0.15) is 5.60 Å². The van der Waals surface area contributed by atoms with Gasteiger partial charge >= 0.3 is 6.09 Å². The number of benzene rings is 1. The summed E-state index contributed by atoms with van der Waals surface area (Å²) in [5.41, 5.74) is 0.545. The molecule has 0 spiro atoms. The molecular formula is C19H31N3O2. The Morgan fingerprint density at radius 3 is 2.12 bits per heavy atom. The Hall–Kier alpha value is -2.04. The summed E-state index contributed by atoms with van der Waals surface area (Å²) < 4.78 is 5.37. The van der Waals surface area contributed by atoms with E-state index in [2.05, 4.69) is 42.9 Å². The highest BCUT2D eigenvalue weighted by Crippen LogP contribution is 2.10. The van der Waals surface area contributed by atoms with Crippen LogP contribution >= 0.6 is 0 Å². The van der Waals surface area contributed by atoms with Crippen molar-refractivity contribution in [1.29, 1.82) is 0 Å². The van der Waals surface area contributed by atoms with Crippen LogP contribution < -0.4 is 5.32 Å². The standard InChI is InChI=1S/C19H31N3O2/c1-14(2)22(15(3)4)17(21-18(23)24-19(5,6)7)20-13-16-11-9-8-10-12-16/h8-12,14-15H,13H2,1-7H3,(H,20,21,23). The van der Waals surface area contributed by atoms with Crippen molar-refractivity contribution in [2.75, 3.05) is 0 Å². The highest BCUT2D eigenvalue weighted by molar-refractivity contribution is 5.94. The molecule has 0 fully saturated rings. The molecule has 0 aromatic heterocycles. The summed E-state index contributed by atoms with van der Waals surface area (Å²) in [6, 6.07) is 10.4. The second-order valence-corrected chi connectivity index (χ2v) is 7.35. The summed E-state index contributed by atoms with van der Waals surface area (Å²) in [6.07, 6.45) is -0.486. The van der Waals surface area contributed by atoms with E-state index < -0.39 is 11.7 Å². The minimum atomic E-state index is -0.547. The average molecular weight is 333 g/mol. The summed E-state index contributed by atoms with van der Waals surface area (Å²) in [6.45, 7) is 14.3. The maximum Gasteiger partial charge on any atom is 0.414 e. The van der Waals surface area contributed by atoms with Crippen LogP contribution in [-0.2, 0) is 11.3 Å². The van der Waals surface area contributed by atoms with Gasteiger partial charge in [-0.1, -0.05) is 30.3 Å². The predicted octanol–water partition coefficient (Wildman–Crippen LogP) is 4.19. The maximum absolute atomic E-state index is 12.2. The molecule has 1 amide bonds. The minimum Gasteiger partial charge on any atom is -0.444 e. The van der Waals surface area contributed by atoms with Gasteiger partial charge in [-0.15, -0.1) is 0 Å². The fourth-order valence-corrected chi connectivity index (χ4v) is 2.42. The number of aliphatic imine (C=N–C) groups is 1. The maximum atomic E-state index is 12.2. The molecule has 0 saturated carbocycles. The van der Waals surface area contributed by atoms with Crippen LogP contribution in [0.25, 0.3) is 0 Å². The first-order chi connectivity index (χ1) is 11.1. The number of ether oxygens (including phenoxy) is 1. The van der Waals surface area contributed by atoms with E-state index >= 15 is 0 Å². The fraction of sp³-hybridized carbons (Fsp3) is 0.579. The van der Waals surface area contributed by atoms with E-state index in [1.807, 2.05) is 51.1 Å². The van der Waals surface area contributed by atoms with Crippen molar-refractivity contribution >= 4 is 12.1 Å². The Morgan fingerprint density at radius 2 is 1.67 bits per heavy atom. The number of carbonyl (C=O) groups is 1. The molecule has 0 bridgehead atoms. The van der Waals surface area contributed by atoms with Crippen LogP contribution in [0.5, 0.6) is 0 Å². The summed E-state index contributed by atoms with van der Waals surface area (Å²) >= 11 is 0. The van der Waals surface area contributed by atoms with E-state index in [-0.39, 0.29) is 12.1 Å². The van der Waals surface area contributed by atoms with Gasteiger partial charge in [0, 0.05) is 12.1 Å². The molecule has 5 nitrogen and oxygen atoms in total. The zero-order valence-corrected chi connectivity index (χ0v) is 16.0. The first-order valence-electron chi connectivity index (χ1n) is 8.47. The number of alkyl carbamates (subject to hydrolysis) is 1. The number of nitrogens with one attached hydrogen (secondary N) is 1. The van der Waals surface area contributed by atoms with Gasteiger partial charge in [0.15, 0.2) is 0 Å². The third-order valence-corrected chi connectivity index (χ3v) is 3.22. The summed E-state index contributed by atoms with van der Waals surface area (Å²) in [4.78, 5) is 18.9. The molecule has 0 aliphatic rings. The van der Waals surface area contributed by atoms with Crippen LogP contribution in [0.15, 0.2) is 35.3 Å². The van der Waals surface area contributed by atoms with Crippen LogP contribution in [-0.4, -0.2) is 34.6 Å². The molecule has 0 unspecified atom stereocenters. The van der Waals surface area contributed by atoms with Crippen LogP contribution in [0.1, 0.15) is 54.0 Å². The smallest absolute Gasteiger partial charge is 0.414 e. The van der Waals surface area contributed by atoms with Gasteiger partial charge < -0.3 is 9.64 Å². The molecule has 0 heterocycles. The predicted molar refractivity (Wildman–Crippen MR) is 99.1 cm³/mol. The van der Waals surface area contributed by atoms with E-state index in [1.165, 1.54) is 0 Å². The van der Waals surface area contributed by atoms with Crippen molar-refractivity contribution < 1.29 is 9.53 Å². The summed E-state index contributed by atoms with van der Waals surface area (Å²) in [5, 5.41) is 2.82. The molecule has 134 valence electrons. The fourth-order valence-electron chi connectivity index (χ4n) is 2.42. The topological polar surface area (TPSA) is 53.9 Å². The summed E-state index contributed by atoms with van der Waals surface area (Å²) in [5.74, 6) is 0.540. The van der Waals surface area contributed by atoms with Crippen molar-refractivity contribution in [2.45, 2.75) is 72.7 Å². The van der Waals surface area contributed by atoms with E-state index in [1.54, 1.807) is 0 Å². The number of rotatable bonds is 4. The molecule has 24 heavy (non-hydrogen) atoms. The molecule has 1 rings (SSSR count). The molecule has 0 radical (unpaired) electrons. The first kappa shape index (κ1) is 20.0. The van der Waals surface area contributed by atoms with E-state index in [0.29, 0.717) is 12.5 Å². The lowest BCUT2D eigenvalue weighted by Crippen LogP contribution is -2.51. The molecule has 1 aromatic carbocycles. The number of hydrogen-bond donors (Lipinski definition) is 1. The lowest BCUT2D eigenvalue weighted by molar-refractivity contribution is 0.0553. The van der Waals surface area contributed by atoms with E-state index in [0.717, 1.165) is 5.56 Å². The molecule has 0 atom stereocenters. The second kappa shape index (κ2) is 8.71. The molecule has 0 saturated heterocycles. The number of amides is 1. The normalized spacial score (nSPS) is 12.5. The molecular weight excluding hydrogens is 302 g/mol. The molecule has 0 aliphatic carbocycles. The molecule has 0 aliphatic heterocycles. The SMILES string of the molecule is CC(C)N(C(=NCc1ccccc1)NC(=O)OC(C)(C)C)C(C)C. The van der Waals surface area contributed by atoms with Crippen LogP contribution in [0, 0.1) is 0 Å².